The number of amides is 2. The highest BCUT2D eigenvalue weighted by Crippen LogP contribution is 2.31. The fourth-order valence-electron chi connectivity index (χ4n) is 4.36. The summed E-state index contributed by atoms with van der Waals surface area (Å²) in [6, 6.07) is 10.7. The van der Waals surface area contributed by atoms with Crippen molar-refractivity contribution in [2.24, 2.45) is 5.92 Å². The Morgan fingerprint density at radius 1 is 1.11 bits per heavy atom. The number of anilines is 2. The Kier molecular flexibility index (Phi) is 6.52. The molecule has 196 valence electrons. The Balaban J connectivity index is 1.32. The molecule has 1 aromatic carbocycles. The van der Waals surface area contributed by atoms with E-state index in [0.717, 1.165) is 22.2 Å². The first-order valence-electron chi connectivity index (χ1n) is 12.1. The standard InChI is InChI=1S/C27H27F2N7O2/c1-16(8-17-4-7-23(31-11-17)36-14-27(28,29)15-36)25(37)24-21-10-18(5-6-22(21)33-34-24)19-9-20(13-30-12-19)32-26(38)35(2)3/h4-7,9-13,16H,8,14-15H2,1-3H3,(H,32,38)(H,33,34). The average Bonchev–Trinajstić information content (AvgIpc) is 3.30. The van der Waals surface area contributed by atoms with Crippen molar-refractivity contribution in [1.82, 2.24) is 25.1 Å². The van der Waals surface area contributed by atoms with E-state index >= 15 is 0 Å². The third kappa shape index (κ3) is 5.17. The molecule has 0 spiro atoms. The van der Waals surface area contributed by atoms with E-state index in [-0.39, 0.29) is 30.8 Å². The lowest BCUT2D eigenvalue weighted by Crippen LogP contribution is -2.56. The van der Waals surface area contributed by atoms with Gasteiger partial charge in [0.25, 0.3) is 5.92 Å². The summed E-state index contributed by atoms with van der Waals surface area (Å²) in [4.78, 5) is 36.8. The van der Waals surface area contributed by atoms with Gasteiger partial charge in [-0.2, -0.15) is 5.10 Å². The predicted molar refractivity (Wildman–Crippen MR) is 141 cm³/mol. The normalized spacial score (nSPS) is 15.1. The number of halogens is 2. The average molecular weight is 520 g/mol. The van der Waals surface area contributed by atoms with Crippen molar-refractivity contribution >= 4 is 34.2 Å². The molecule has 4 heterocycles. The van der Waals surface area contributed by atoms with Gasteiger partial charge in [0.15, 0.2) is 5.78 Å². The first kappa shape index (κ1) is 25.2. The molecule has 0 bridgehead atoms. The van der Waals surface area contributed by atoms with Crippen LogP contribution in [0.25, 0.3) is 22.0 Å². The topological polar surface area (TPSA) is 107 Å². The number of hydrogen-bond acceptors (Lipinski definition) is 6. The second-order valence-electron chi connectivity index (χ2n) is 9.83. The summed E-state index contributed by atoms with van der Waals surface area (Å²) in [5, 5.41) is 10.7. The zero-order valence-corrected chi connectivity index (χ0v) is 21.2. The minimum Gasteiger partial charge on any atom is -0.344 e. The van der Waals surface area contributed by atoms with Crippen LogP contribution in [0.1, 0.15) is 23.0 Å². The molecule has 3 aromatic heterocycles. The molecule has 4 aromatic rings. The lowest BCUT2D eigenvalue weighted by atomic mass is 9.94. The van der Waals surface area contributed by atoms with Gasteiger partial charge in [-0.3, -0.25) is 14.9 Å². The molecule has 0 aliphatic carbocycles. The third-order valence-electron chi connectivity index (χ3n) is 6.49. The van der Waals surface area contributed by atoms with Crippen molar-refractivity contribution in [2.75, 3.05) is 37.4 Å². The van der Waals surface area contributed by atoms with Gasteiger partial charge in [0.2, 0.25) is 0 Å². The summed E-state index contributed by atoms with van der Waals surface area (Å²) in [5.41, 5.74) is 4.07. The van der Waals surface area contributed by atoms with Crippen molar-refractivity contribution in [3.8, 4) is 11.1 Å². The maximum absolute atomic E-state index is 13.4. The van der Waals surface area contributed by atoms with Crippen LogP contribution >= 0.6 is 0 Å². The third-order valence-corrected chi connectivity index (χ3v) is 6.49. The highest BCUT2D eigenvalue weighted by atomic mass is 19.3. The summed E-state index contributed by atoms with van der Waals surface area (Å²) in [6.45, 7) is 1.18. The molecular weight excluding hydrogens is 492 g/mol. The number of rotatable bonds is 7. The number of aromatic amines is 1. The number of carbonyl (C=O) groups is 2. The first-order valence-corrected chi connectivity index (χ1v) is 12.1. The van der Waals surface area contributed by atoms with E-state index in [1.165, 1.54) is 9.80 Å². The van der Waals surface area contributed by atoms with E-state index in [1.807, 2.05) is 37.3 Å². The molecule has 38 heavy (non-hydrogen) atoms. The molecule has 0 radical (unpaired) electrons. The Hall–Kier alpha value is -4.41. The fourth-order valence-corrected chi connectivity index (χ4v) is 4.36. The monoisotopic (exact) mass is 519 g/mol. The molecule has 1 fully saturated rings. The van der Waals surface area contributed by atoms with Gasteiger partial charge in [-0.25, -0.2) is 18.6 Å². The van der Waals surface area contributed by atoms with Gasteiger partial charge in [-0.15, -0.1) is 0 Å². The van der Waals surface area contributed by atoms with E-state index < -0.39 is 5.92 Å². The van der Waals surface area contributed by atoms with Gasteiger partial charge in [0.05, 0.1) is 30.5 Å². The molecule has 5 rings (SSSR count). The number of nitrogens with zero attached hydrogens (tertiary/aromatic N) is 5. The molecule has 2 amide bonds. The van der Waals surface area contributed by atoms with Crippen LogP contribution < -0.4 is 10.2 Å². The second kappa shape index (κ2) is 9.81. The van der Waals surface area contributed by atoms with Gasteiger partial charge < -0.3 is 15.1 Å². The molecule has 1 atom stereocenters. The lowest BCUT2D eigenvalue weighted by molar-refractivity contribution is -0.0267. The first-order chi connectivity index (χ1) is 18.1. The van der Waals surface area contributed by atoms with Crippen molar-refractivity contribution in [3.05, 3.63) is 66.2 Å². The highest BCUT2D eigenvalue weighted by molar-refractivity contribution is 6.07. The van der Waals surface area contributed by atoms with Gasteiger partial charge in [0.1, 0.15) is 11.5 Å². The Morgan fingerprint density at radius 3 is 2.58 bits per heavy atom. The summed E-state index contributed by atoms with van der Waals surface area (Å²) >= 11 is 0. The minimum atomic E-state index is -2.66. The molecule has 2 N–H and O–H groups in total. The van der Waals surface area contributed by atoms with E-state index in [0.29, 0.717) is 29.0 Å². The summed E-state index contributed by atoms with van der Waals surface area (Å²) < 4.78 is 26.3. The largest absolute Gasteiger partial charge is 0.344 e. The highest BCUT2D eigenvalue weighted by Gasteiger charge is 2.44. The van der Waals surface area contributed by atoms with Gasteiger partial charge >= 0.3 is 6.03 Å². The number of H-pyrrole nitrogens is 1. The maximum Gasteiger partial charge on any atom is 0.321 e. The second-order valence-corrected chi connectivity index (χ2v) is 9.83. The molecule has 9 nitrogen and oxygen atoms in total. The van der Waals surface area contributed by atoms with Crippen LogP contribution in [0.3, 0.4) is 0 Å². The van der Waals surface area contributed by atoms with Crippen LogP contribution in [0.2, 0.25) is 0 Å². The van der Waals surface area contributed by atoms with E-state index in [4.69, 9.17) is 0 Å². The number of nitrogens with one attached hydrogen (secondary N) is 2. The summed E-state index contributed by atoms with van der Waals surface area (Å²) in [7, 11) is 3.31. The van der Waals surface area contributed by atoms with Crippen LogP contribution in [-0.2, 0) is 6.42 Å². The van der Waals surface area contributed by atoms with Crippen LogP contribution in [-0.4, -0.2) is 70.0 Å². The Labute approximate surface area is 217 Å². The van der Waals surface area contributed by atoms with E-state index in [2.05, 4.69) is 25.5 Å². The smallest absolute Gasteiger partial charge is 0.321 e. The van der Waals surface area contributed by atoms with E-state index in [1.54, 1.807) is 38.8 Å². The fraction of sp³-hybridized carbons (Fsp3) is 0.296. The number of benzene rings is 1. The number of urea groups is 1. The van der Waals surface area contributed by atoms with Crippen LogP contribution in [0.5, 0.6) is 0 Å². The molecule has 0 saturated carbocycles. The maximum atomic E-state index is 13.4. The molecule has 1 unspecified atom stereocenters. The zero-order valence-electron chi connectivity index (χ0n) is 21.2. The van der Waals surface area contributed by atoms with Crippen molar-refractivity contribution in [2.45, 2.75) is 19.3 Å². The molecule has 1 saturated heterocycles. The van der Waals surface area contributed by atoms with Crippen LogP contribution in [0, 0.1) is 5.92 Å². The number of fused-ring (bicyclic) bond motifs is 1. The van der Waals surface area contributed by atoms with Crippen molar-refractivity contribution in [1.29, 1.82) is 0 Å². The number of alkyl halides is 2. The Morgan fingerprint density at radius 2 is 1.89 bits per heavy atom. The summed E-state index contributed by atoms with van der Waals surface area (Å²) in [6.07, 6.45) is 5.33. The molecule has 1 aliphatic heterocycles. The van der Waals surface area contributed by atoms with Crippen LogP contribution in [0.4, 0.5) is 25.1 Å². The van der Waals surface area contributed by atoms with Crippen molar-refractivity contribution in [3.63, 3.8) is 0 Å². The number of pyridine rings is 2. The van der Waals surface area contributed by atoms with Crippen molar-refractivity contribution < 1.29 is 18.4 Å². The Bertz CT molecular complexity index is 1490. The molecule has 1 aliphatic rings. The van der Waals surface area contributed by atoms with Gasteiger partial charge in [-0.1, -0.05) is 19.1 Å². The number of Topliss-reactive ketones (excluding diaryl/α,β-unsaturated/α-hetero) is 1. The molecular formula is C27H27F2N7O2. The van der Waals surface area contributed by atoms with Gasteiger partial charge in [0, 0.05) is 43.4 Å². The quantitative estimate of drug-likeness (QED) is 0.345. The van der Waals surface area contributed by atoms with E-state index in [9.17, 15) is 18.4 Å². The number of ketones is 1. The van der Waals surface area contributed by atoms with Crippen LogP contribution in [0.15, 0.2) is 55.0 Å². The summed E-state index contributed by atoms with van der Waals surface area (Å²) in [5.74, 6) is -2.65. The SMILES string of the molecule is CC(Cc1ccc(N2CC(F)(F)C2)nc1)C(=O)c1n[nH]c2ccc(-c3cncc(NC(=O)N(C)C)c3)cc12. The zero-order chi connectivity index (χ0) is 27.0. The number of hydrogen-bond donors (Lipinski definition) is 2. The number of aromatic nitrogens is 4. The minimum absolute atomic E-state index is 0.120. The molecule has 11 heteroatoms. The number of carbonyl (C=O) groups excluding carboxylic acids is 2. The van der Waals surface area contributed by atoms with Gasteiger partial charge in [-0.05, 0) is 41.8 Å². The predicted octanol–water partition coefficient (Wildman–Crippen LogP) is 4.63. The lowest BCUT2D eigenvalue weighted by Gasteiger charge is -2.39.